The van der Waals surface area contributed by atoms with Crippen molar-refractivity contribution in [2.75, 3.05) is 6.54 Å². The predicted molar refractivity (Wildman–Crippen MR) is 84.4 cm³/mol. The number of alkyl halides is 1. The van der Waals surface area contributed by atoms with Gasteiger partial charge in [0.05, 0.1) is 9.92 Å². The van der Waals surface area contributed by atoms with Gasteiger partial charge in [-0.15, -0.1) is 0 Å². The zero-order valence-electron chi connectivity index (χ0n) is 10.1. The van der Waals surface area contributed by atoms with Crippen LogP contribution in [-0.4, -0.2) is 19.8 Å². The third-order valence-electron chi connectivity index (χ3n) is 3.24. The van der Waals surface area contributed by atoms with Gasteiger partial charge in [0.25, 0.3) is 0 Å². The first-order chi connectivity index (χ1) is 8.88. The summed E-state index contributed by atoms with van der Waals surface area (Å²) in [5.74, 6) is 0.412. The Morgan fingerprint density at radius 2 is 2.11 bits per heavy atom. The number of hydrogen-bond acceptors (Lipinski definition) is 2. The van der Waals surface area contributed by atoms with E-state index >= 15 is 0 Å². The molecule has 0 saturated heterocycles. The summed E-state index contributed by atoms with van der Waals surface area (Å²) < 4.78 is 27.5. The van der Waals surface area contributed by atoms with Crippen molar-refractivity contribution in [2.24, 2.45) is 5.92 Å². The Morgan fingerprint density at radius 1 is 1.37 bits per heavy atom. The molecule has 0 aromatic heterocycles. The van der Waals surface area contributed by atoms with E-state index in [1.165, 1.54) is 12.1 Å². The summed E-state index contributed by atoms with van der Waals surface area (Å²) in [7, 11) is -3.46. The molecule has 2 unspecified atom stereocenters. The molecule has 106 valence electrons. The maximum absolute atomic E-state index is 12.1. The second-order valence-corrected chi connectivity index (χ2v) is 9.03. The predicted octanol–water partition coefficient (Wildman–Crippen LogP) is 3.94. The summed E-state index contributed by atoms with van der Waals surface area (Å²) >= 11 is 12.7. The Bertz CT molecular complexity index is 565. The molecule has 1 aromatic rings. The van der Waals surface area contributed by atoms with Gasteiger partial charge in [0, 0.05) is 15.8 Å². The summed E-state index contributed by atoms with van der Waals surface area (Å²) in [4.78, 5) is 0.754. The number of benzene rings is 1. The smallest absolute Gasteiger partial charge is 0.211 e. The van der Waals surface area contributed by atoms with Gasteiger partial charge < -0.3 is 0 Å². The van der Waals surface area contributed by atoms with Gasteiger partial charge in [-0.2, -0.15) is 0 Å². The van der Waals surface area contributed by atoms with Crippen molar-refractivity contribution in [1.29, 1.82) is 0 Å². The van der Waals surface area contributed by atoms with Crippen LogP contribution in [0.3, 0.4) is 0 Å². The molecule has 3 nitrogen and oxygen atoms in total. The minimum atomic E-state index is -3.46. The van der Waals surface area contributed by atoms with Crippen LogP contribution >= 0.6 is 43.5 Å². The summed E-state index contributed by atoms with van der Waals surface area (Å²) in [5, 5.41) is 0.497. The molecule has 1 aliphatic rings. The Balaban J connectivity index is 2.03. The summed E-state index contributed by atoms with van der Waals surface area (Å²) in [6.45, 7) is 0.491. The standard InChI is InChI=1S/C12H14Br2ClNO2S/c13-9-2-1-8(5-9)7-16-19(17,18)10-3-4-12(15)11(14)6-10/h3-4,6,8-9,16H,1-2,5,7H2. The highest BCUT2D eigenvalue weighted by Gasteiger charge is 2.24. The molecule has 1 N–H and O–H groups in total. The third kappa shape index (κ3) is 4.17. The van der Waals surface area contributed by atoms with Gasteiger partial charge in [-0.1, -0.05) is 27.5 Å². The topological polar surface area (TPSA) is 46.2 Å². The van der Waals surface area contributed by atoms with Crippen molar-refractivity contribution in [3.05, 3.63) is 27.7 Å². The molecular weight excluding hydrogens is 417 g/mol. The molecule has 19 heavy (non-hydrogen) atoms. The zero-order valence-corrected chi connectivity index (χ0v) is 14.8. The highest BCUT2D eigenvalue weighted by molar-refractivity contribution is 9.10. The van der Waals surface area contributed by atoms with Crippen molar-refractivity contribution < 1.29 is 8.42 Å². The molecule has 0 heterocycles. The number of sulfonamides is 1. The van der Waals surface area contributed by atoms with Crippen LogP contribution in [0.4, 0.5) is 0 Å². The second kappa shape index (κ2) is 6.43. The van der Waals surface area contributed by atoms with E-state index in [4.69, 9.17) is 11.6 Å². The quantitative estimate of drug-likeness (QED) is 0.734. The molecular formula is C12H14Br2ClNO2S. The zero-order chi connectivity index (χ0) is 14.0. The summed E-state index contributed by atoms with van der Waals surface area (Å²) in [6, 6.07) is 4.61. The molecule has 7 heteroatoms. The van der Waals surface area contributed by atoms with Crippen LogP contribution in [0.15, 0.2) is 27.6 Å². The molecule has 0 amide bonds. The number of nitrogens with one attached hydrogen (secondary N) is 1. The summed E-state index contributed by atoms with van der Waals surface area (Å²) in [5.41, 5.74) is 0. The lowest BCUT2D eigenvalue weighted by molar-refractivity contribution is 0.520. The molecule has 1 aromatic carbocycles. The molecule has 0 aliphatic heterocycles. The van der Waals surface area contributed by atoms with Gasteiger partial charge >= 0.3 is 0 Å². The first-order valence-electron chi connectivity index (χ1n) is 5.97. The van der Waals surface area contributed by atoms with E-state index in [0.29, 0.717) is 26.8 Å². The Labute approximate surface area is 135 Å². The van der Waals surface area contributed by atoms with E-state index in [1.54, 1.807) is 6.07 Å². The van der Waals surface area contributed by atoms with E-state index in [9.17, 15) is 8.42 Å². The Hall–Kier alpha value is 0.380. The van der Waals surface area contributed by atoms with E-state index in [2.05, 4.69) is 36.6 Å². The largest absolute Gasteiger partial charge is 0.240 e. The molecule has 0 spiro atoms. The lowest BCUT2D eigenvalue weighted by Crippen LogP contribution is -2.28. The van der Waals surface area contributed by atoms with Crippen LogP contribution < -0.4 is 4.72 Å². The maximum atomic E-state index is 12.1. The van der Waals surface area contributed by atoms with Crippen LogP contribution in [0.2, 0.25) is 5.02 Å². The molecule has 2 rings (SSSR count). The molecule has 0 radical (unpaired) electrons. The average Bonchev–Trinajstić information content (AvgIpc) is 2.76. The van der Waals surface area contributed by atoms with Crippen molar-refractivity contribution in [3.8, 4) is 0 Å². The van der Waals surface area contributed by atoms with Crippen LogP contribution in [0, 0.1) is 5.92 Å². The molecule has 1 saturated carbocycles. The van der Waals surface area contributed by atoms with Crippen molar-refractivity contribution in [3.63, 3.8) is 0 Å². The highest BCUT2D eigenvalue weighted by atomic mass is 79.9. The number of rotatable bonds is 4. The van der Waals surface area contributed by atoms with Gasteiger partial charge in [0.2, 0.25) is 10.0 Å². The SMILES string of the molecule is O=S(=O)(NCC1CCC(Br)C1)c1ccc(Cl)c(Br)c1. The fraction of sp³-hybridized carbons (Fsp3) is 0.500. The van der Waals surface area contributed by atoms with E-state index in [1.807, 2.05) is 0 Å². The first-order valence-corrected chi connectivity index (χ1v) is 9.54. The van der Waals surface area contributed by atoms with Gasteiger partial charge in [-0.05, 0) is 59.3 Å². The minimum absolute atomic E-state index is 0.233. The maximum Gasteiger partial charge on any atom is 0.240 e. The number of hydrogen-bond donors (Lipinski definition) is 1. The Kier molecular flexibility index (Phi) is 5.34. The first kappa shape index (κ1) is 15.8. The molecule has 0 bridgehead atoms. The summed E-state index contributed by atoms with van der Waals surface area (Å²) in [6.07, 6.45) is 3.19. The van der Waals surface area contributed by atoms with Gasteiger partial charge in [0.1, 0.15) is 0 Å². The van der Waals surface area contributed by atoms with Crippen molar-refractivity contribution in [1.82, 2.24) is 4.72 Å². The van der Waals surface area contributed by atoms with Crippen molar-refractivity contribution >= 4 is 53.5 Å². The molecule has 1 aliphatic carbocycles. The Morgan fingerprint density at radius 3 is 2.68 bits per heavy atom. The second-order valence-electron chi connectivity index (χ2n) is 4.70. The van der Waals surface area contributed by atoms with E-state index < -0.39 is 10.0 Å². The van der Waals surface area contributed by atoms with Crippen LogP contribution in [0.1, 0.15) is 19.3 Å². The minimum Gasteiger partial charge on any atom is -0.211 e. The highest BCUT2D eigenvalue weighted by Crippen LogP contribution is 2.30. The lowest BCUT2D eigenvalue weighted by Gasteiger charge is -2.12. The normalized spacial score (nSPS) is 23.7. The fourth-order valence-corrected chi connectivity index (χ4v) is 4.74. The van der Waals surface area contributed by atoms with E-state index in [-0.39, 0.29) is 4.90 Å². The van der Waals surface area contributed by atoms with Crippen LogP contribution in [0.25, 0.3) is 0 Å². The lowest BCUT2D eigenvalue weighted by atomic mass is 10.1. The van der Waals surface area contributed by atoms with Crippen molar-refractivity contribution in [2.45, 2.75) is 29.0 Å². The monoisotopic (exact) mass is 429 g/mol. The molecule has 1 fully saturated rings. The van der Waals surface area contributed by atoms with Crippen LogP contribution in [-0.2, 0) is 10.0 Å². The van der Waals surface area contributed by atoms with Gasteiger partial charge in [-0.25, -0.2) is 13.1 Å². The van der Waals surface area contributed by atoms with Gasteiger partial charge in [0.15, 0.2) is 0 Å². The third-order valence-corrected chi connectivity index (χ3v) is 6.71. The average molecular weight is 432 g/mol. The van der Waals surface area contributed by atoms with Gasteiger partial charge in [-0.3, -0.25) is 0 Å². The van der Waals surface area contributed by atoms with E-state index in [0.717, 1.165) is 19.3 Å². The molecule has 2 atom stereocenters. The number of halogens is 3. The van der Waals surface area contributed by atoms with Crippen LogP contribution in [0.5, 0.6) is 0 Å². The fourth-order valence-electron chi connectivity index (χ4n) is 2.15.